The summed E-state index contributed by atoms with van der Waals surface area (Å²) in [6.45, 7) is 3.47. The highest BCUT2D eigenvalue weighted by molar-refractivity contribution is 6.30. The van der Waals surface area contributed by atoms with Crippen LogP contribution in [0.1, 0.15) is 18.1 Å². The molecule has 3 heterocycles. The SMILES string of the molecule is Cc1ccc(NC(=O)[C@@]2(C)COc3cc4c(cc32)OC(F)(F)O4)nc1Cl. The molecule has 2 aliphatic rings. The van der Waals surface area contributed by atoms with Gasteiger partial charge in [-0.25, -0.2) is 4.98 Å². The third kappa shape index (κ3) is 2.61. The van der Waals surface area contributed by atoms with Crippen LogP contribution in [0.4, 0.5) is 14.6 Å². The third-order valence-corrected chi connectivity index (χ3v) is 4.77. The fraction of sp³-hybridized carbons (Fsp3) is 0.294. The van der Waals surface area contributed by atoms with E-state index in [1.165, 1.54) is 12.1 Å². The maximum Gasteiger partial charge on any atom is 0.586 e. The van der Waals surface area contributed by atoms with Crippen LogP contribution in [0, 0.1) is 6.92 Å². The van der Waals surface area contributed by atoms with E-state index in [-0.39, 0.29) is 34.8 Å². The zero-order chi connectivity index (χ0) is 18.7. The predicted molar refractivity (Wildman–Crippen MR) is 88.1 cm³/mol. The van der Waals surface area contributed by atoms with Crippen molar-refractivity contribution in [3.63, 3.8) is 0 Å². The van der Waals surface area contributed by atoms with Crippen molar-refractivity contribution in [2.45, 2.75) is 25.6 Å². The molecular formula is C17H13ClF2N2O4. The van der Waals surface area contributed by atoms with Crippen LogP contribution in [-0.2, 0) is 10.2 Å². The van der Waals surface area contributed by atoms with Crippen molar-refractivity contribution >= 4 is 23.3 Å². The molecule has 0 aliphatic carbocycles. The van der Waals surface area contributed by atoms with E-state index in [1.807, 2.05) is 0 Å². The molecule has 1 aromatic heterocycles. The Morgan fingerprint density at radius 1 is 1.23 bits per heavy atom. The molecule has 0 saturated carbocycles. The van der Waals surface area contributed by atoms with Gasteiger partial charge in [-0.15, -0.1) is 8.78 Å². The monoisotopic (exact) mass is 382 g/mol. The fourth-order valence-corrected chi connectivity index (χ4v) is 3.00. The van der Waals surface area contributed by atoms with Gasteiger partial charge in [0, 0.05) is 11.6 Å². The van der Waals surface area contributed by atoms with E-state index in [0.717, 1.165) is 5.56 Å². The van der Waals surface area contributed by atoms with Gasteiger partial charge in [0.15, 0.2) is 11.5 Å². The molecule has 0 spiro atoms. The summed E-state index contributed by atoms with van der Waals surface area (Å²) < 4.78 is 40.9. The normalized spacial score (nSPS) is 21.9. The third-order valence-electron chi connectivity index (χ3n) is 4.39. The molecule has 6 nitrogen and oxygen atoms in total. The minimum atomic E-state index is -3.74. The summed E-state index contributed by atoms with van der Waals surface area (Å²) in [5, 5.41) is 2.96. The van der Waals surface area contributed by atoms with Crippen molar-refractivity contribution in [3.05, 3.63) is 40.5 Å². The number of aromatic nitrogens is 1. The number of anilines is 1. The number of rotatable bonds is 2. The van der Waals surface area contributed by atoms with E-state index in [2.05, 4.69) is 19.8 Å². The summed E-state index contributed by atoms with van der Waals surface area (Å²) in [5.41, 5.74) is 0.0808. The smallest absolute Gasteiger partial charge is 0.492 e. The molecule has 136 valence electrons. The van der Waals surface area contributed by atoms with Gasteiger partial charge >= 0.3 is 6.29 Å². The number of hydrogen-bond donors (Lipinski definition) is 1. The highest BCUT2D eigenvalue weighted by Gasteiger charge is 2.48. The minimum absolute atomic E-state index is 0.0348. The summed E-state index contributed by atoms with van der Waals surface area (Å²) in [7, 11) is 0. The highest BCUT2D eigenvalue weighted by Crippen LogP contribution is 2.49. The highest BCUT2D eigenvalue weighted by atomic mass is 35.5. The lowest BCUT2D eigenvalue weighted by Crippen LogP contribution is -2.39. The first-order valence-corrected chi connectivity index (χ1v) is 8.07. The number of alkyl halides is 2. The van der Waals surface area contributed by atoms with E-state index in [9.17, 15) is 13.6 Å². The average Bonchev–Trinajstić information content (AvgIpc) is 3.04. The van der Waals surface area contributed by atoms with Gasteiger partial charge in [0.25, 0.3) is 0 Å². The van der Waals surface area contributed by atoms with Gasteiger partial charge in [-0.05, 0) is 31.5 Å². The lowest BCUT2D eigenvalue weighted by Gasteiger charge is -2.21. The second kappa shape index (κ2) is 5.44. The molecule has 9 heteroatoms. The number of nitrogens with zero attached hydrogens (tertiary/aromatic N) is 1. The molecule has 1 aromatic carbocycles. The van der Waals surface area contributed by atoms with Crippen molar-refractivity contribution in [1.29, 1.82) is 0 Å². The van der Waals surface area contributed by atoms with E-state index in [1.54, 1.807) is 26.0 Å². The van der Waals surface area contributed by atoms with Crippen LogP contribution in [0.2, 0.25) is 5.15 Å². The molecule has 0 saturated heterocycles. The van der Waals surface area contributed by atoms with E-state index < -0.39 is 17.6 Å². The molecule has 0 radical (unpaired) electrons. The maximum atomic E-state index is 13.2. The van der Waals surface area contributed by atoms with E-state index in [0.29, 0.717) is 5.56 Å². The lowest BCUT2D eigenvalue weighted by atomic mass is 9.83. The minimum Gasteiger partial charge on any atom is -0.492 e. The van der Waals surface area contributed by atoms with Crippen molar-refractivity contribution in [2.24, 2.45) is 0 Å². The van der Waals surface area contributed by atoms with Crippen molar-refractivity contribution in [1.82, 2.24) is 4.98 Å². The van der Waals surface area contributed by atoms with Gasteiger partial charge < -0.3 is 19.5 Å². The molecule has 1 amide bonds. The van der Waals surface area contributed by atoms with Crippen LogP contribution in [0.25, 0.3) is 0 Å². The number of ether oxygens (including phenoxy) is 3. The van der Waals surface area contributed by atoms with E-state index in [4.69, 9.17) is 16.3 Å². The summed E-state index contributed by atoms with van der Waals surface area (Å²) in [4.78, 5) is 16.9. The Labute approximate surface area is 152 Å². The number of fused-ring (bicyclic) bond motifs is 2. The summed E-state index contributed by atoms with van der Waals surface area (Å²) >= 11 is 5.97. The van der Waals surface area contributed by atoms with Gasteiger partial charge in [0.1, 0.15) is 28.7 Å². The fourth-order valence-electron chi connectivity index (χ4n) is 2.84. The average molecular weight is 383 g/mol. The topological polar surface area (TPSA) is 69.7 Å². The molecule has 0 fully saturated rings. The summed E-state index contributed by atoms with van der Waals surface area (Å²) in [5.74, 6) is -0.111. The van der Waals surface area contributed by atoms with Crippen LogP contribution in [-0.4, -0.2) is 23.8 Å². The van der Waals surface area contributed by atoms with Crippen molar-refractivity contribution < 1.29 is 27.8 Å². The first kappa shape index (κ1) is 16.8. The molecule has 4 rings (SSSR count). The number of pyridine rings is 1. The number of carbonyl (C=O) groups excluding carboxylic acids is 1. The number of amides is 1. The van der Waals surface area contributed by atoms with E-state index >= 15 is 0 Å². The molecule has 2 aliphatic heterocycles. The number of aryl methyl sites for hydroxylation is 1. The molecule has 2 aromatic rings. The van der Waals surface area contributed by atoms with Crippen LogP contribution < -0.4 is 19.5 Å². The van der Waals surface area contributed by atoms with Crippen LogP contribution in [0.5, 0.6) is 17.2 Å². The predicted octanol–water partition coefficient (Wildman–Crippen LogP) is 3.65. The van der Waals surface area contributed by atoms with Gasteiger partial charge in [-0.2, -0.15) is 0 Å². The molecule has 1 N–H and O–H groups in total. The van der Waals surface area contributed by atoms with Gasteiger partial charge in [-0.1, -0.05) is 17.7 Å². The molecule has 0 unspecified atom stereocenters. The quantitative estimate of drug-likeness (QED) is 0.803. The number of hydrogen-bond acceptors (Lipinski definition) is 5. The van der Waals surface area contributed by atoms with Gasteiger partial charge in [0.2, 0.25) is 5.91 Å². The first-order valence-electron chi connectivity index (χ1n) is 7.70. The van der Waals surface area contributed by atoms with Crippen molar-refractivity contribution in [2.75, 3.05) is 11.9 Å². The zero-order valence-corrected chi connectivity index (χ0v) is 14.5. The Balaban J connectivity index is 1.64. The second-order valence-electron chi connectivity index (χ2n) is 6.34. The number of halogens is 3. The van der Waals surface area contributed by atoms with Crippen molar-refractivity contribution in [3.8, 4) is 17.2 Å². The number of carbonyl (C=O) groups is 1. The Kier molecular flexibility index (Phi) is 3.52. The summed E-state index contributed by atoms with van der Waals surface area (Å²) in [6, 6.07) is 5.99. The Morgan fingerprint density at radius 2 is 1.92 bits per heavy atom. The standard InChI is InChI=1S/C17H13ClF2N2O4/c1-8-3-4-13(21-14(8)18)22-15(23)16(2)7-24-10-6-12-11(5-9(10)16)25-17(19,20)26-12/h3-6H,7H2,1-2H3,(H,21,22,23)/t16-/m0/s1. The molecular weight excluding hydrogens is 370 g/mol. The van der Waals surface area contributed by atoms with Crippen LogP contribution in [0.15, 0.2) is 24.3 Å². The Bertz CT molecular complexity index is 937. The molecule has 26 heavy (non-hydrogen) atoms. The van der Waals surface area contributed by atoms with Crippen LogP contribution >= 0.6 is 11.6 Å². The van der Waals surface area contributed by atoms with Gasteiger partial charge in [-0.3, -0.25) is 4.79 Å². The Hall–Kier alpha value is -2.61. The molecule has 1 atom stereocenters. The molecule has 0 bridgehead atoms. The van der Waals surface area contributed by atoms with Gasteiger partial charge in [0.05, 0.1) is 0 Å². The number of nitrogens with one attached hydrogen (secondary N) is 1. The Morgan fingerprint density at radius 3 is 2.62 bits per heavy atom. The second-order valence-corrected chi connectivity index (χ2v) is 6.70. The number of benzene rings is 1. The van der Waals surface area contributed by atoms with Crippen LogP contribution in [0.3, 0.4) is 0 Å². The zero-order valence-electron chi connectivity index (χ0n) is 13.7. The largest absolute Gasteiger partial charge is 0.586 e. The maximum absolute atomic E-state index is 13.2. The first-order chi connectivity index (χ1) is 12.2. The summed E-state index contributed by atoms with van der Waals surface area (Å²) in [6.07, 6.45) is -3.74. The lowest BCUT2D eigenvalue weighted by molar-refractivity contribution is -0.286.